The van der Waals surface area contributed by atoms with Gasteiger partial charge in [0.2, 0.25) is 0 Å². The zero-order chi connectivity index (χ0) is 17.9. The number of carboxylic acid groups (broad SMARTS) is 2. The minimum absolute atomic E-state index is 0.0628. The number of rotatable bonds is 14. The molecular formula is C14H33N5O4. The molecule has 0 aromatic rings. The van der Waals surface area contributed by atoms with E-state index in [4.69, 9.17) is 27.4 Å². The Kier molecular flexibility index (Phi) is 19.6. The molecule has 0 radical (unpaired) electrons. The summed E-state index contributed by atoms with van der Waals surface area (Å²) in [5.74, 6) is -1.74. The molecule has 0 amide bonds. The molecule has 0 fully saturated rings. The maximum atomic E-state index is 9.90. The lowest BCUT2D eigenvalue weighted by molar-refractivity contribution is -0.139. The van der Waals surface area contributed by atoms with Crippen LogP contribution in [0.3, 0.4) is 0 Å². The van der Waals surface area contributed by atoms with Crippen molar-refractivity contribution in [1.29, 1.82) is 0 Å². The lowest BCUT2D eigenvalue weighted by atomic mass is 10.2. The van der Waals surface area contributed by atoms with Crippen molar-refractivity contribution in [2.24, 2.45) is 17.2 Å². The Morgan fingerprint density at radius 3 is 1.61 bits per heavy atom. The second-order valence-electron chi connectivity index (χ2n) is 4.95. The topological polar surface area (TPSA) is 168 Å². The summed E-state index contributed by atoms with van der Waals surface area (Å²) in [5.41, 5.74) is 16.3. The Balaban J connectivity index is 0. The average Bonchev–Trinajstić information content (AvgIpc) is 2.49. The molecule has 0 heterocycles. The molecule has 0 aliphatic carbocycles. The van der Waals surface area contributed by atoms with Gasteiger partial charge in [-0.1, -0.05) is 0 Å². The molecule has 9 nitrogen and oxygen atoms in total. The van der Waals surface area contributed by atoms with Gasteiger partial charge in [0.05, 0.1) is 0 Å². The fourth-order valence-corrected chi connectivity index (χ4v) is 1.72. The number of aliphatic carboxylic acids is 2. The van der Waals surface area contributed by atoms with Gasteiger partial charge >= 0.3 is 11.9 Å². The van der Waals surface area contributed by atoms with Crippen molar-refractivity contribution in [3.05, 3.63) is 0 Å². The molecule has 0 aliphatic rings. The largest absolute Gasteiger partial charge is 0.481 e. The summed E-state index contributed by atoms with van der Waals surface area (Å²) in [6.07, 6.45) is 1.02. The Morgan fingerprint density at radius 1 is 0.783 bits per heavy atom. The number of unbranched alkanes of at least 4 members (excludes halogenated alkanes) is 1. The summed E-state index contributed by atoms with van der Waals surface area (Å²) in [6, 6.07) is 0. The first-order valence-electron chi connectivity index (χ1n) is 7.94. The van der Waals surface area contributed by atoms with E-state index in [2.05, 4.69) is 10.2 Å². The highest BCUT2D eigenvalue weighted by molar-refractivity contribution is 5.67. The molecule has 0 aromatic heterocycles. The van der Waals surface area contributed by atoms with Crippen LogP contribution >= 0.6 is 0 Å². The quantitative estimate of drug-likeness (QED) is 0.206. The van der Waals surface area contributed by atoms with Gasteiger partial charge in [-0.25, -0.2) is 0 Å². The number of nitrogens with zero attached hydrogens (tertiary/aromatic N) is 1. The Morgan fingerprint density at radius 2 is 1.26 bits per heavy atom. The molecular weight excluding hydrogens is 302 g/mol. The van der Waals surface area contributed by atoms with Gasteiger partial charge in [-0.2, -0.15) is 0 Å². The third-order valence-corrected chi connectivity index (χ3v) is 2.85. The zero-order valence-corrected chi connectivity index (χ0v) is 13.9. The summed E-state index contributed by atoms with van der Waals surface area (Å²) in [4.78, 5) is 22.0. The van der Waals surface area contributed by atoms with Crippen LogP contribution in [0.1, 0.15) is 25.7 Å². The van der Waals surface area contributed by atoms with Crippen molar-refractivity contribution in [2.45, 2.75) is 25.7 Å². The molecule has 9 heteroatoms. The molecule has 0 saturated carbocycles. The van der Waals surface area contributed by atoms with E-state index in [0.717, 1.165) is 32.7 Å². The third-order valence-electron chi connectivity index (χ3n) is 2.85. The van der Waals surface area contributed by atoms with E-state index < -0.39 is 11.9 Å². The Bertz CT molecular complexity index is 270. The lowest BCUT2D eigenvalue weighted by Crippen LogP contribution is -2.39. The summed E-state index contributed by atoms with van der Waals surface area (Å²) in [6.45, 7) is 6.73. The molecule has 138 valence electrons. The molecule has 0 rings (SSSR count). The highest BCUT2D eigenvalue weighted by Crippen LogP contribution is 1.98. The molecule has 0 unspecified atom stereocenters. The van der Waals surface area contributed by atoms with Gasteiger partial charge < -0.3 is 32.7 Å². The van der Waals surface area contributed by atoms with Crippen LogP contribution in [0.2, 0.25) is 0 Å². The van der Waals surface area contributed by atoms with Crippen LogP contribution in [0.5, 0.6) is 0 Å². The van der Waals surface area contributed by atoms with Crippen LogP contribution in [0, 0.1) is 0 Å². The monoisotopic (exact) mass is 335 g/mol. The predicted molar refractivity (Wildman–Crippen MR) is 90.2 cm³/mol. The number of nitrogens with one attached hydrogen (secondary N) is 1. The normalized spacial score (nSPS) is 10.3. The summed E-state index contributed by atoms with van der Waals surface area (Å²) < 4.78 is 0. The van der Waals surface area contributed by atoms with Crippen molar-refractivity contribution in [3.8, 4) is 0 Å². The maximum Gasteiger partial charge on any atom is 0.303 e. The third kappa shape index (κ3) is 23.1. The van der Waals surface area contributed by atoms with Gasteiger partial charge in [0.1, 0.15) is 0 Å². The number of carboxylic acids is 2. The van der Waals surface area contributed by atoms with E-state index in [1.54, 1.807) is 0 Å². The van der Waals surface area contributed by atoms with E-state index in [0.29, 0.717) is 32.5 Å². The van der Waals surface area contributed by atoms with E-state index in [1.807, 2.05) is 0 Å². The molecule has 0 spiro atoms. The van der Waals surface area contributed by atoms with Crippen molar-refractivity contribution in [3.63, 3.8) is 0 Å². The van der Waals surface area contributed by atoms with E-state index in [9.17, 15) is 9.59 Å². The van der Waals surface area contributed by atoms with Gasteiger partial charge in [0, 0.05) is 65.2 Å². The molecule has 23 heavy (non-hydrogen) atoms. The molecule has 0 bridgehead atoms. The number of carbonyl (C=O) groups is 2. The van der Waals surface area contributed by atoms with Gasteiger partial charge in [0.15, 0.2) is 0 Å². The summed E-state index contributed by atoms with van der Waals surface area (Å²) >= 11 is 0. The van der Waals surface area contributed by atoms with E-state index in [-0.39, 0.29) is 12.8 Å². The van der Waals surface area contributed by atoms with Crippen LogP contribution < -0.4 is 22.5 Å². The van der Waals surface area contributed by atoms with Crippen LogP contribution in [0.4, 0.5) is 0 Å². The van der Waals surface area contributed by atoms with Crippen LogP contribution in [-0.4, -0.2) is 79.4 Å². The van der Waals surface area contributed by atoms with Crippen molar-refractivity contribution >= 4 is 11.9 Å². The maximum absolute atomic E-state index is 9.90. The molecule has 0 saturated heterocycles. The predicted octanol–water partition coefficient (Wildman–Crippen LogP) is -1.53. The zero-order valence-electron chi connectivity index (χ0n) is 13.9. The van der Waals surface area contributed by atoms with E-state index >= 15 is 0 Å². The summed E-state index contributed by atoms with van der Waals surface area (Å²) in [7, 11) is 0. The first-order valence-corrected chi connectivity index (χ1v) is 7.94. The standard InChI is InChI=1S/C8H23N5.C6H10O4/c9-1-4-12-5-8-13(6-2-10)7-3-11;7-5(8)3-1-2-4-6(9)10/h12H,1-11H2;1-4H2,(H,7,8)(H,9,10). The first-order chi connectivity index (χ1) is 11.0. The molecule has 0 aromatic carbocycles. The Labute approximate surface area is 138 Å². The number of hydrogen-bond donors (Lipinski definition) is 6. The van der Waals surface area contributed by atoms with Gasteiger partial charge in [-0.3, -0.25) is 14.5 Å². The van der Waals surface area contributed by atoms with Gasteiger partial charge in [-0.05, 0) is 12.8 Å². The highest BCUT2D eigenvalue weighted by atomic mass is 16.4. The molecule has 0 aliphatic heterocycles. The SMILES string of the molecule is NCCNCCN(CCN)CCN.O=C(O)CCCCC(=O)O. The van der Waals surface area contributed by atoms with Crippen molar-refractivity contribution < 1.29 is 19.8 Å². The second kappa shape index (κ2) is 18.8. The van der Waals surface area contributed by atoms with Gasteiger partial charge in [0.25, 0.3) is 0 Å². The molecule has 9 N–H and O–H groups in total. The van der Waals surface area contributed by atoms with Crippen LogP contribution in [-0.2, 0) is 9.59 Å². The average molecular weight is 335 g/mol. The smallest absolute Gasteiger partial charge is 0.303 e. The molecule has 0 atom stereocenters. The summed E-state index contributed by atoms with van der Waals surface area (Å²) in [5, 5.41) is 19.5. The minimum Gasteiger partial charge on any atom is -0.481 e. The second-order valence-corrected chi connectivity index (χ2v) is 4.95. The fourth-order valence-electron chi connectivity index (χ4n) is 1.72. The first kappa shape index (κ1) is 24.0. The van der Waals surface area contributed by atoms with Gasteiger partial charge in [-0.15, -0.1) is 0 Å². The minimum atomic E-state index is -0.870. The van der Waals surface area contributed by atoms with Crippen LogP contribution in [0.15, 0.2) is 0 Å². The number of hydrogen-bond acceptors (Lipinski definition) is 7. The van der Waals surface area contributed by atoms with Crippen LogP contribution in [0.25, 0.3) is 0 Å². The van der Waals surface area contributed by atoms with Crippen molar-refractivity contribution in [2.75, 3.05) is 52.4 Å². The highest BCUT2D eigenvalue weighted by Gasteiger charge is 2.01. The van der Waals surface area contributed by atoms with Crippen molar-refractivity contribution in [1.82, 2.24) is 10.2 Å². The Hall–Kier alpha value is -1.26. The number of nitrogens with two attached hydrogens (primary N) is 3. The lowest BCUT2D eigenvalue weighted by Gasteiger charge is -2.20. The fraction of sp³-hybridized carbons (Fsp3) is 0.857. The van der Waals surface area contributed by atoms with E-state index in [1.165, 1.54) is 0 Å².